The van der Waals surface area contributed by atoms with Gasteiger partial charge in [-0.3, -0.25) is 0 Å². The zero-order valence-electron chi connectivity index (χ0n) is 28.4. The second-order valence-corrected chi connectivity index (χ2v) is 12.7. The molecule has 2 rings (SSSR count). The Morgan fingerprint density at radius 1 is 0.958 bits per heavy atom. The third-order valence-corrected chi connectivity index (χ3v) is 8.33. The SMILES string of the molecule is C=C[C@](C)(CC/C=C(\C)CC/C=C(\C)CC(O)/C=C(\C)C(=O)O)OC1(C)OC(CO)[C@@H](O)C(O)=C1OC1(C)OC(CO)[C@@H](O)C(O)=C1O. The van der Waals surface area contributed by atoms with Crippen molar-refractivity contribution in [3.05, 3.63) is 70.6 Å². The van der Waals surface area contributed by atoms with Crippen LogP contribution in [0.4, 0.5) is 0 Å². The van der Waals surface area contributed by atoms with Crippen molar-refractivity contribution in [3.8, 4) is 0 Å². The van der Waals surface area contributed by atoms with Crippen LogP contribution in [-0.4, -0.2) is 113 Å². The molecule has 0 radical (unpaired) electrons. The lowest BCUT2D eigenvalue weighted by molar-refractivity contribution is -0.333. The third kappa shape index (κ3) is 10.2. The van der Waals surface area contributed by atoms with Crippen LogP contribution in [-0.2, 0) is 23.7 Å². The molecule has 0 saturated carbocycles. The number of aliphatic hydroxyl groups excluding tert-OH is 8. The largest absolute Gasteiger partial charge is 0.506 e. The summed E-state index contributed by atoms with van der Waals surface area (Å²) in [5.74, 6) is -8.65. The number of aliphatic carboxylic acids is 1. The number of ether oxygens (including phenoxy) is 4. The summed E-state index contributed by atoms with van der Waals surface area (Å²) < 4.78 is 23.6. The number of hydrogen-bond acceptors (Lipinski definition) is 13. The Labute approximate surface area is 280 Å². The number of carboxylic acid groups (broad SMARTS) is 1. The molecule has 0 aromatic rings. The maximum Gasteiger partial charge on any atom is 0.331 e. The maximum atomic E-state index is 11.0. The Morgan fingerprint density at radius 2 is 1.50 bits per heavy atom. The Bertz CT molecular complexity index is 1310. The number of hydrogen-bond donors (Lipinski definition) is 9. The van der Waals surface area contributed by atoms with Crippen LogP contribution in [0.5, 0.6) is 0 Å². The van der Waals surface area contributed by atoms with E-state index in [4.69, 9.17) is 24.1 Å². The number of rotatable bonds is 17. The Hall–Kier alpha value is -3.21. The minimum atomic E-state index is -2.29. The second kappa shape index (κ2) is 16.9. The van der Waals surface area contributed by atoms with E-state index < -0.39 is 89.9 Å². The molecule has 2 aliphatic rings. The summed E-state index contributed by atoms with van der Waals surface area (Å²) in [5, 5.41) is 91.3. The van der Waals surface area contributed by atoms with Gasteiger partial charge in [-0.25, -0.2) is 4.79 Å². The average Bonchev–Trinajstić information content (AvgIpc) is 3.01. The van der Waals surface area contributed by atoms with Gasteiger partial charge in [-0.15, -0.1) is 6.58 Å². The molecule has 0 saturated heterocycles. The van der Waals surface area contributed by atoms with Crippen molar-refractivity contribution < 1.29 is 69.7 Å². The molecule has 0 aromatic heterocycles. The summed E-state index contributed by atoms with van der Waals surface area (Å²) in [5.41, 5.74) is 0.920. The Balaban J connectivity index is 2.22. The highest BCUT2D eigenvalue weighted by Gasteiger charge is 2.55. The summed E-state index contributed by atoms with van der Waals surface area (Å²) in [6, 6.07) is 0. The van der Waals surface area contributed by atoms with Crippen molar-refractivity contribution in [2.75, 3.05) is 13.2 Å². The van der Waals surface area contributed by atoms with Gasteiger partial charge in [-0.1, -0.05) is 29.4 Å². The molecular formula is C34H52O14. The van der Waals surface area contributed by atoms with E-state index in [-0.39, 0.29) is 5.57 Å². The first-order valence-electron chi connectivity index (χ1n) is 15.7. The fraction of sp³-hybridized carbons (Fsp3) is 0.618. The highest BCUT2D eigenvalue weighted by molar-refractivity contribution is 5.85. The van der Waals surface area contributed by atoms with Crippen LogP contribution < -0.4 is 0 Å². The first kappa shape index (κ1) is 41.0. The van der Waals surface area contributed by atoms with Crippen molar-refractivity contribution in [2.45, 2.75) is 121 Å². The van der Waals surface area contributed by atoms with Crippen molar-refractivity contribution in [2.24, 2.45) is 0 Å². The summed E-state index contributed by atoms with van der Waals surface area (Å²) in [6.45, 7) is 11.9. The normalized spacial score (nSPS) is 31.0. The van der Waals surface area contributed by atoms with Crippen LogP contribution in [0.25, 0.3) is 0 Å². The predicted molar refractivity (Wildman–Crippen MR) is 173 cm³/mol. The Morgan fingerprint density at radius 3 is 2.04 bits per heavy atom. The standard InChI is InChI=1S/C34H52O14/c1-8-32(5,14-10-13-19(2)11-9-12-20(3)15-22(37)16-21(4)31(43)44)48-34(7)30(28(41)26(39)24(18-36)46-34)47-33(6)29(42)27(40)25(38)23(17-35)45-33/h8,12-13,16,22-26,35-42H,1,9-11,14-15,17-18H2,2-7H3,(H,43,44)/b19-13+,20-12+,21-16+/t22?,23?,24?,25-,26-,32-,33?,34?/m1/s1. The van der Waals surface area contributed by atoms with Crippen LogP contribution in [0.3, 0.4) is 0 Å². The van der Waals surface area contributed by atoms with Crippen LogP contribution in [0.2, 0.25) is 0 Å². The first-order chi connectivity index (χ1) is 22.3. The Kier molecular flexibility index (Phi) is 14.5. The zero-order chi connectivity index (χ0) is 36.6. The molecule has 14 nitrogen and oxygen atoms in total. The van der Waals surface area contributed by atoms with E-state index in [0.29, 0.717) is 25.7 Å². The van der Waals surface area contributed by atoms with E-state index in [1.165, 1.54) is 26.0 Å². The molecule has 2 heterocycles. The second-order valence-electron chi connectivity index (χ2n) is 12.7. The average molecular weight is 685 g/mol. The molecule has 0 spiro atoms. The summed E-state index contributed by atoms with van der Waals surface area (Å²) >= 11 is 0. The summed E-state index contributed by atoms with van der Waals surface area (Å²) in [4.78, 5) is 11.0. The number of allylic oxidation sites excluding steroid dienone is 3. The van der Waals surface area contributed by atoms with E-state index in [1.807, 2.05) is 26.0 Å². The van der Waals surface area contributed by atoms with Gasteiger partial charge in [0, 0.05) is 12.5 Å². The molecule has 0 aliphatic carbocycles. The summed E-state index contributed by atoms with van der Waals surface area (Å²) in [7, 11) is 0. The molecule has 0 fully saturated rings. The van der Waals surface area contributed by atoms with Gasteiger partial charge >= 0.3 is 5.97 Å². The van der Waals surface area contributed by atoms with Crippen molar-refractivity contribution in [1.82, 2.24) is 0 Å². The third-order valence-electron chi connectivity index (χ3n) is 8.33. The minimum Gasteiger partial charge on any atom is -0.506 e. The monoisotopic (exact) mass is 684 g/mol. The van der Waals surface area contributed by atoms with Gasteiger partial charge in [0.15, 0.2) is 17.3 Å². The fourth-order valence-corrected chi connectivity index (χ4v) is 5.39. The molecule has 9 N–H and O–H groups in total. The number of aliphatic hydroxyl groups is 8. The first-order valence-corrected chi connectivity index (χ1v) is 15.7. The highest BCUT2D eigenvalue weighted by Crippen LogP contribution is 2.44. The quantitative estimate of drug-likeness (QED) is 0.0790. The molecule has 0 bridgehead atoms. The van der Waals surface area contributed by atoms with E-state index in [9.17, 15) is 45.6 Å². The van der Waals surface area contributed by atoms with Crippen LogP contribution in [0, 0.1) is 0 Å². The summed E-state index contributed by atoms with van der Waals surface area (Å²) in [6.07, 6.45) is 2.21. The van der Waals surface area contributed by atoms with Gasteiger partial charge in [0.1, 0.15) is 24.4 Å². The van der Waals surface area contributed by atoms with Gasteiger partial charge in [0.05, 0.1) is 24.9 Å². The van der Waals surface area contributed by atoms with Crippen molar-refractivity contribution in [1.29, 1.82) is 0 Å². The van der Waals surface area contributed by atoms with E-state index in [1.54, 1.807) is 6.92 Å². The van der Waals surface area contributed by atoms with Gasteiger partial charge < -0.3 is 64.9 Å². The molecule has 48 heavy (non-hydrogen) atoms. The lowest BCUT2D eigenvalue weighted by Crippen LogP contribution is -2.57. The number of carboxylic acids is 1. The van der Waals surface area contributed by atoms with Gasteiger partial charge in [-0.05, 0) is 72.8 Å². The molecule has 272 valence electrons. The molecule has 8 atom stereocenters. The van der Waals surface area contributed by atoms with Crippen LogP contribution >= 0.6 is 0 Å². The van der Waals surface area contributed by atoms with Gasteiger partial charge in [0.2, 0.25) is 11.5 Å². The predicted octanol–water partition coefficient (Wildman–Crippen LogP) is 3.23. The molecule has 0 aromatic carbocycles. The zero-order valence-corrected chi connectivity index (χ0v) is 28.4. The minimum absolute atomic E-state index is 0.0807. The lowest BCUT2D eigenvalue weighted by Gasteiger charge is -2.47. The molecule has 0 amide bonds. The van der Waals surface area contributed by atoms with E-state index >= 15 is 0 Å². The van der Waals surface area contributed by atoms with Crippen LogP contribution in [0.1, 0.15) is 73.6 Å². The molecular weight excluding hydrogens is 632 g/mol. The van der Waals surface area contributed by atoms with Crippen molar-refractivity contribution in [3.63, 3.8) is 0 Å². The molecule has 2 aliphatic heterocycles. The topological polar surface area (TPSA) is 236 Å². The molecule has 14 heteroatoms. The maximum absolute atomic E-state index is 11.0. The highest BCUT2D eigenvalue weighted by atomic mass is 16.8. The van der Waals surface area contributed by atoms with Gasteiger partial charge in [-0.2, -0.15) is 0 Å². The van der Waals surface area contributed by atoms with E-state index in [2.05, 4.69) is 6.58 Å². The van der Waals surface area contributed by atoms with Crippen LogP contribution in [0.15, 0.2) is 70.6 Å². The smallest absolute Gasteiger partial charge is 0.331 e. The molecule has 5 unspecified atom stereocenters. The number of carbonyl (C=O) groups is 1. The lowest BCUT2D eigenvalue weighted by atomic mass is 9.96. The van der Waals surface area contributed by atoms with Crippen molar-refractivity contribution >= 4 is 5.97 Å². The van der Waals surface area contributed by atoms with E-state index in [0.717, 1.165) is 24.5 Å². The van der Waals surface area contributed by atoms with Gasteiger partial charge in [0.25, 0.3) is 5.79 Å². The fourth-order valence-electron chi connectivity index (χ4n) is 5.39.